The van der Waals surface area contributed by atoms with E-state index >= 15 is 0 Å². The lowest BCUT2D eigenvalue weighted by Gasteiger charge is -2.23. The molecule has 4 amide bonds. The van der Waals surface area contributed by atoms with E-state index in [1.165, 1.54) is 18.3 Å². The molecule has 1 aromatic carbocycles. The fraction of sp³-hybridized carbons (Fsp3) is 0.345. The van der Waals surface area contributed by atoms with Gasteiger partial charge in [0.05, 0.1) is 24.9 Å². The summed E-state index contributed by atoms with van der Waals surface area (Å²) in [6.45, 7) is 0.152. The van der Waals surface area contributed by atoms with Gasteiger partial charge in [-0.2, -0.15) is 30.2 Å². The summed E-state index contributed by atoms with van der Waals surface area (Å²) in [5.41, 5.74) is 6.10. The minimum atomic E-state index is -1.72. The van der Waals surface area contributed by atoms with Gasteiger partial charge in [-0.15, -0.1) is 0 Å². The number of benzene rings is 1. The maximum Gasteiger partial charge on any atom is 0.327 e. The van der Waals surface area contributed by atoms with Crippen molar-refractivity contribution < 1.29 is 48.9 Å². The second-order valence-corrected chi connectivity index (χ2v) is 11.6. The van der Waals surface area contributed by atoms with Crippen molar-refractivity contribution in [1.82, 2.24) is 41.2 Å². The number of carbonyl (C=O) groups excluding carboxylic acids is 4. The van der Waals surface area contributed by atoms with Gasteiger partial charge in [-0.05, 0) is 30.7 Å². The normalized spacial score (nSPS) is 13.1. The lowest BCUT2D eigenvalue weighted by molar-refractivity contribution is -0.143. The van der Waals surface area contributed by atoms with Crippen molar-refractivity contribution in [3.8, 4) is 0 Å². The highest BCUT2D eigenvalue weighted by atomic mass is 32.1. The number of nitrogens with two attached hydrogens (primary N) is 1. The molecule has 0 unspecified atom stereocenters. The number of H-pyrrole nitrogens is 1. The minimum absolute atomic E-state index is 0.00396. The first-order chi connectivity index (χ1) is 24.6. The zero-order chi connectivity index (χ0) is 38.5. The molecule has 0 bridgehead atoms. The highest BCUT2D eigenvalue weighted by Gasteiger charge is 2.31. The zero-order valence-corrected chi connectivity index (χ0v) is 28.6. The third-order valence-electron chi connectivity index (χ3n) is 7.01. The SMILES string of the molecule is Nc1nc2ncc(CNc3ccc(C(=O)N[C@@H](CCC(=O)N[C@@H](CS)C(=O)N[C@@H](CC(=O)O)C(=O)N[C@@H](CS)C(=O)O)C(=O)O)cc3)nc2c(=O)[nH]1. The number of aromatic amines is 1. The third kappa shape index (κ3) is 11.8. The number of aromatic nitrogens is 4. The molecule has 0 saturated carbocycles. The van der Waals surface area contributed by atoms with E-state index in [-0.39, 0.29) is 40.7 Å². The van der Waals surface area contributed by atoms with Gasteiger partial charge in [-0.3, -0.25) is 33.8 Å². The van der Waals surface area contributed by atoms with E-state index in [0.29, 0.717) is 11.4 Å². The molecule has 0 fully saturated rings. The highest BCUT2D eigenvalue weighted by molar-refractivity contribution is 7.80. The number of nitrogens with one attached hydrogen (secondary N) is 6. The second kappa shape index (κ2) is 18.9. The van der Waals surface area contributed by atoms with Crippen LogP contribution in [-0.2, 0) is 35.3 Å². The number of hydrogen-bond acceptors (Lipinski definition) is 15. The maximum absolute atomic E-state index is 12.8. The standard InChI is InChI=1S/C29H34N10O11S2/c30-29-38-22-21(26(46)39-29)33-14(9-32-22)8-31-13-3-1-12(2-4-13)23(43)35-15(27(47)48)5-6-19(40)34-17(10-51)25(45)36-16(7-20(41)42)24(44)37-18(11-52)28(49)50/h1-4,9,15-18,31,51-52H,5-8,10-11H2,(H,34,40)(H,35,43)(H,36,45)(H,37,44)(H,41,42)(H,47,48)(H,49,50)(H3,30,32,38,39,46)/t15-,16-,17-,18-/m0/s1. The number of amides is 4. The van der Waals surface area contributed by atoms with Gasteiger partial charge >= 0.3 is 17.9 Å². The molecule has 21 nitrogen and oxygen atoms in total. The molecule has 3 rings (SSSR count). The van der Waals surface area contributed by atoms with Gasteiger partial charge in [0.15, 0.2) is 11.2 Å². The minimum Gasteiger partial charge on any atom is -0.481 e. The Morgan fingerprint density at radius 1 is 0.808 bits per heavy atom. The van der Waals surface area contributed by atoms with E-state index in [1.54, 1.807) is 12.1 Å². The number of hydrogen-bond donors (Lipinski definition) is 12. The molecular weight excluding hydrogens is 729 g/mol. The largest absolute Gasteiger partial charge is 0.481 e. The van der Waals surface area contributed by atoms with E-state index in [2.05, 4.69) is 71.8 Å². The van der Waals surface area contributed by atoms with Gasteiger partial charge in [0.1, 0.15) is 24.2 Å². The van der Waals surface area contributed by atoms with Crippen LogP contribution in [0.5, 0.6) is 0 Å². The molecule has 0 aliphatic carbocycles. The van der Waals surface area contributed by atoms with Crippen molar-refractivity contribution in [2.75, 3.05) is 22.6 Å². The summed E-state index contributed by atoms with van der Waals surface area (Å²) in [7, 11) is 0. The van der Waals surface area contributed by atoms with Gasteiger partial charge in [-0.25, -0.2) is 19.6 Å². The first-order valence-electron chi connectivity index (χ1n) is 15.1. The van der Waals surface area contributed by atoms with Crippen LogP contribution >= 0.6 is 25.3 Å². The Morgan fingerprint density at radius 2 is 1.42 bits per heavy atom. The molecule has 0 aliphatic heterocycles. The maximum atomic E-state index is 12.8. The summed E-state index contributed by atoms with van der Waals surface area (Å²) in [4.78, 5) is 112. The number of carboxylic acid groups (broad SMARTS) is 3. The van der Waals surface area contributed by atoms with Crippen LogP contribution in [0, 0.1) is 0 Å². The Bertz CT molecular complexity index is 1890. The van der Waals surface area contributed by atoms with Crippen LogP contribution < -0.4 is 37.9 Å². The fourth-order valence-electron chi connectivity index (χ4n) is 4.34. The number of rotatable bonds is 19. The Kier molecular flexibility index (Phi) is 14.7. The first kappa shape index (κ1) is 40.5. The fourth-order valence-corrected chi connectivity index (χ4v) is 4.84. The van der Waals surface area contributed by atoms with Crippen molar-refractivity contribution >= 4 is 89.6 Å². The molecule has 23 heteroatoms. The van der Waals surface area contributed by atoms with Crippen LogP contribution in [0.2, 0.25) is 0 Å². The Morgan fingerprint density at radius 3 is 2.02 bits per heavy atom. The summed E-state index contributed by atoms with van der Waals surface area (Å²) >= 11 is 7.80. The number of aliphatic carboxylic acids is 3. The molecule has 3 aromatic rings. The van der Waals surface area contributed by atoms with Gasteiger partial charge < -0.3 is 47.6 Å². The van der Waals surface area contributed by atoms with Crippen molar-refractivity contribution in [2.24, 2.45) is 0 Å². The van der Waals surface area contributed by atoms with Crippen LogP contribution in [0.15, 0.2) is 35.3 Å². The number of nitrogens with zero attached hydrogens (tertiary/aromatic N) is 3. The third-order valence-corrected chi connectivity index (χ3v) is 7.74. The number of carbonyl (C=O) groups is 7. The monoisotopic (exact) mass is 762 g/mol. The van der Waals surface area contributed by atoms with Gasteiger partial charge in [0.2, 0.25) is 23.7 Å². The topological polar surface area (TPSA) is 338 Å². The Balaban J connectivity index is 1.54. The van der Waals surface area contributed by atoms with Gasteiger partial charge in [-0.1, -0.05) is 0 Å². The van der Waals surface area contributed by atoms with Gasteiger partial charge in [0.25, 0.3) is 11.5 Å². The molecule has 0 aliphatic rings. The molecular formula is C29H34N10O11S2. The predicted molar refractivity (Wildman–Crippen MR) is 188 cm³/mol. The molecule has 4 atom stereocenters. The van der Waals surface area contributed by atoms with Crippen LogP contribution in [0.3, 0.4) is 0 Å². The number of carboxylic acids is 3. The summed E-state index contributed by atoms with van der Waals surface area (Å²) in [5, 5.41) is 39.8. The molecule has 2 aromatic heterocycles. The predicted octanol–water partition coefficient (Wildman–Crippen LogP) is -2.26. The summed E-state index contributed by atoms with van der Waals surface area (Å²) in [6, 6.07) is -0.192. The van der Waals surface area contributed by atoms with E-state index in [9.17, 15) is 43.5 Å². The summed E-state index contributed by atoms with van der Waals surface area (Å²) < 4.78 is 0. The van der Waals surface area contributed by atoms with Crippen LogP contribution in [0.25, 0.3) is 11.2 Å². The molecule has 0 spiro atoms. The number of nitrogen functional groups attached to an aromatic ring is 1. The quantitative estimate of drug-likeness (QED) is 0.0574. The number of thiol groups is 2. The van der Waals surface area contributed by atoms with Crippen molar-refractivity contribution in [2.45, 2.75) is 50.0 Å². The highest BCUT2D eigenvalue weighted by Crippen LogP contribution is 2.12. The van der Waals surface area contributed by atoms with Crippen molar-refractivity contribution in [3.63, 3.8) is 0 Å². The van der Waals surface area contributed by atoms with Crippen molar-refractivity contribution in [1.29, 1.82) is 0 Å². The summed E-state index contributed by atoms with van der Waals surface area (Å²) in [5.74, 6) is -8.84. The van der Waals surface area contributed by atoms with Crippen LogP contribution in [0.4, 0.5) is 11.6 Å². The van der Waals surface area contributed by atoms with E-state index in [0.717, 1.165) is 0 Å². The molecule has 11 N–H and O–H groups in total. The van der Waals surface area contributed by atoms with E-state index < -0.39 is 90.5 Å². The van der Waals surface area contributed by atoms with Crippen molar-refractivity contribution in [3.05, 3.63) is 52.1 Å². The second-order valence-electron chi connectivity index (χ2n) is 10.9. The first-order valence-corrected chi connectivity index (χ1v) is 16.3. The Hall–Kier alpha value is -5.97. The van der Waals surface area contributed by atoms with Crippen LogP contribution in [0.1, 0.15) is 35.3 Å². The Labute approximate surface area is 303 Å². The van der Waals surface area contributed by atoms with E-state index in [1.807, 2.05) is 0 Å². The molecule has 52 heavy (non-hydrogen) atoms. The molecule has 0 saturated heterocycles. The zero-order valence-electron chi connectivity index (χ0n) is 26.9. The number of anilines is 2. The molecule has 278 valence electrons. The molecule has 2 heterocycles. The average molecular weight is 763 g/mol. The lowest BCUT2D eigenvalue weighted by atomic mass is 10.1. The van der Waals surface area contributed by atoms with Gasteiger partial charge in [0, 0.05) is 29.2 Å². The summed E-state index contributed by atoms with van der Waals surface area (Å²) in [6.07, 6.45) is -0.379. The van der Waals surface area contributed by atoms with Crippen LogP contribution in [-0.4, -0.2) is 112 Å². The lowest BCUT2D eigenvalue weighted by Crippen LogP contribution is -2.57. The van der Waals surface area contributed by atoms with E-state index in [4.69, 9.17) is 15.9 Å². The number of fused-ring (bicyclic) bond motifs is 1. The molecule has 0 radical (unpaired) electrons. The smallest absolute Gasteiger partial charge is 0.327 e. The average Bonchev–Trinajstić information content (AvgIpc) is 3.09.